The third-order valence-electron chi connectivity index (χ3n) is 7.38. The minimum Gasteiger partial charge on any atom is -0.497 e. The lowest BCUT2D eigenvalue weighted by molar-refractivity contribution is -0.121. The van der Waals surface area contributed by atoms with Crippen molar-refractivity contribution < 1.29 is 22.5 Å². The molecule has 1 unspecified atom stereocenters. The number of rotatable bonds is 6. The lowest BCUT2D eigenvalue weighted by atomic mass is 9.49. The van der Waals surface area contributed by atoms with Gasteiger partial charge in [-0.3, -0.25) is 9.35 Å². The largest absolute Gasteiger partial charge is 0.497 e. The summed E-state index contributed by atoms with van der Waals surface area (Å²) in [5, 5.41) is 0. The second kappa shape index (κ2) is 9.59. The number of hydrogen-bond donors (Lipinski definition) is 1. The Kier molecular flexibility index (Phi) is 7.99. The predicted molar refractivity (Wildman–Crippen MR) is 124 cm³/mol. The van der Waals surface area contributed by atoms with Gasteiger partial charge in [0.25, 0.3) is 10.1 Å². The van der Waals surface area contributed by atoms with Crippen LogP contribution in [0.5, 0.6) is 5.75 Å². The number of carbonyl (C=O) groups is 1. The third kappa shape index (κ3) is 5.88. The molecule has 6 nitrogen and oxygen atoms in total. The van der Waals surface area contributed by atoms with E-state index >= 15 is 0 Å². The molecule has 1 aliphatic heterocycles. The van der Waals surface area contributed by atoms with E-state index in [1.807, 2.05) is 0 Å². The van der Waals surface area contributed by atoms with Crippen molar-refractivity contribution in [3.05, 3.63) is 29.3 Å². The van der Waals surface area contributed by atoms with Gasteiger partial charge < -0.3 is 9.64 Å². The average Bonchev–Trinajstić information content (AvgIpc) is 2.64. The third-order valence-corrected chi connectivity index (χ3v) is 7.38. The van der Waals surface area contributed by atoms with Gasteiger partial charge in [-0.2, -0.15) is 8.42 Å². The van der Waals surface area contributed by atoms with E-state index < -0.39 is 10.1 Å². The molecule has 2 aliphatic rings. The minimum atomic E-state index is -3.67. The molecule has 0 spiro atoms. The summed E-state index contributed by atoms with van der Waals surface area (Å²) >= 11 is 0. The number of Topliss-reactive ketones (excluding diaryl/α,β-unsaturated/α-hetero) is 1. The zero-order chi connectivity index (χ0) is 23.6. The molecule has 0 radical (unpaired) electrons. The molecule has 2 bridgehead atoms. The summed E-state index contributed by atoms with van der Waals surface area (Å²) in [7, 11) is 0.334. The lowest BCUT2D eigenvalue weighted by Crippen LogP contribution is -2.64. The molecule has 0 aromatic heterocycles. The lowest BCUT2D eigenvalue weighted by Gasteiger charge is -2.62. The van der Waals surface area contributed by atoms with Crippen LogP contribution >= 0.6 is 0 Å². The summed E-state index contributed by atoms with van der Waals surface area (Å²) < 4.78 is 31.4. The summed E-state index contributed by atoms with van der Waals surface area (Å²) in [5.41, 5.74) is 3.09. The van der Waals surface area contributed by atoms with Crippen molar-refractivity contribution in [1.29, 1.82) is 0 Å². The molecule has 1 aliphatic carbocycles. The Hall–Kier alpha value is -1.44. The maximum atomic E-state index is 12.5. The maximum absolute atomic E-state index is 12.5. The first-order valence-electron chi connectivity index (χ1n) is 11.0. The van der Waals surface area contributed by atoms with E-state index in [0.29, 0.717) is 36.8 Å². The van der Waals surface area contributed by atoms with Gasteiger partial charge in [0, 0.05) is 24.3 Å². The Bertz CT molecular complexity index is 889. The number of likely N-dealkylation sites (tertiary alicyclic amines) is 1. The number of benzene rings is 1. The number of hydrogen-bond acceptors (Lipinski definition) is 5. The van der Waals surface area contributed by atoms with Crippen molar-refractivity contribution in [2.75, 3.05) is 27.0 Å². The van der Waals surface area contributed by atoms with Crippen molar-refractivity contribution in [3.63, 3.8) is 0 Å². The number of carbonyl (C=O) groups excluding carboxylic acids is 1. The fraction of sp³-hybridized carbons (Fsp3) is 0.708. The normalized spacial score (nSPS) is 27.8. The summed E-state index contributed by atoms with van der Waals surface area (Å²) in [6, 6.07) is 7.09. The van der Waals surface area contributed by atoms with E-state index in [1.165, 1.54) is 11.1 Å². The fourth-order valence-electron chi connectivity index (χ4n) is 5.50. The molecule has 1 aromatic rings. The van der Waals surface area contributed by atoms with E-state index in [9.17, 15) is 13.2 Å². The molecule has 1 fully saturated rings. The molecule has 7 heteroatoms. The van der Waals surface area contributed by atoms with E-state index in [-0.39, 0.29) is 10.8 Å². The Morgan fingerprint density at radius 3 is 2.48 bits per heavy atom. The van der Waals surface area contributed by atoms with Gasteiger partial charge in [-0.05, 0) is 67.4 Å². The Balaban J connectivity index is 0.000000614. The van der Waals surface area contributed by atoms with E-state index in [1.54, 1.807) is 7.11 Å². The van der Waals surface area contributed by atoms with Gasteiger partial charge in [0.05, 0.1) is 13.4 Å². The van der Waals surface area contributed by atoms with Crippen LogP contribution in [0, 0.1) is 11.3 Å². The predicted octanol–water partition coefficient (Wildman–Crippen LogP) is 4.12. The highest BCUT2D eigenvalue weighted by molar-refractivity contribution is 7.85. The van der Waals surface area contributed by atoms with E-state index in [4.69, 9.17) is 9.29 Å². The van der Waals surface area contributed by atoms with Crippen molar-refractivity contribution in [2.24, 2.45) is 11.3 Å². The number of methoxy groups -OCH3 is 1. The molecule has 1 aromatic carbocycles. The van der Waals surface area contributed by atoms with Gasteiger partial charge >= 0.3 is 0 Å². The SMILES string of the molecule is COc1ccc2c(c1)[C@@]1(C)CCN(C)C(C2)[C@@]1(C)CCC(=O)CC(C)C.CS(=O)(=O)O. The van der Waals surface area contributed by atoms with Crippen LogP contribution in [0.15, 0.2) is 18.2 Å². The Labute approximate surface area is 188 Å². The molecule has 176 valence electrons. The van der Waals surface area contributed by atoms with Gasteiger partial charge in [0.2, 0.25) is 0 Å². The smallest absolute Gasteiger partial charge is 0.261 e. The van der Waals surface area contributed by atoms with Crippen LogP contribution in [0.25, 0.3) is 0 Å². The van der Waals surface area contributed by atoms with Gasteiger partial charge in [0.1, 0.15) is 11.5 Å². The first-order chi connectivity index (χ1) is 14.2. The summed E-state index contributed by atoms with van der Waals surface area (Å²) in [4.78, 5) is 15.0. The highest BCUT2D eigenvalue weighted by Gasteiger charge is 2.57. The van der Waals surface area contributed by atoms with E-state index in [0.717, 1.165) is 31.6 Å². The second-order valence-corrected chi connectivity index (χ2v) is 11.6. The molecular weight excluding hydrogens is 414 g/mol. The van der Waals surface area contributed by atoms with Crippen LogP contribution in [0.2, 0.25) is 0 Å². The molecule has 1 heterocycles. The number of fused-ring (bicyclic) bond motifs is 4. The number of ketones is 1. The zero-order valence-electron chi connectivity index (χ0n) is 20.1. The van der Waals surface area contributed by atoms with Crippen molar-refractivity contribution >= 4 is 15.9 Å². The minimum absolute atomic E-state index is 0.0877. The number of piperidine rings is 1. The van der Waals surface area contributed by atoms with E-state index in [2.05, 4.69) is 57.8 Å². The van der Waals surface area contributed by atoms with Crippen LogP contribution in [0.3, 0.4) is 0 Å². The van der Waals surface area contributed by atoms with Crippen LogP contribution in [-0.2, 0) is 26.7 Å². The molecular formula is C24H39NO5S. The Morgan fingerprint density at radius 2 is 1.94 bits per heavy atom. The first kappa shape index (κ1) is 25.8. The monoisotopic (exact) mass is 453 g/mol. The summed E-state index contributed by atoms with van der Waals surface area (Å²) in [5.74, 6) is 1.81. The summed E-state index contributed by atoms with van der Waals surface area (Å²) in [6.45, 7) is 10.2. The first-order valence-corrected chi connectivity index (χ1v) is 12.9. The highest BCUT2D eigenvalue weighted by Crippen LogP contribution is 2.58. The topological polar surface area (TPSA) is 83.9 Å². The van der Waals surface area contributed by atoms with Crippen molar-refractivity contribution in [3.8, 4) is 5.75 Å². The molecule has 3 rings (SSSR count). The van der Waals surface area contributed by atoms with Crippen LogP contribution < -0.4 is 4.74 Å². The molecule has 3 atom stereocenters. The van der Waals surface area contributed by atoms with Crippen LogP contribution in [0.4, 0.5) is 0 Å². The molecule has 31 heavy (non-hydrogen) atoms. The van der Waals surface area contributed by atoms with Gasteiger partial charge in [0.15, 0.2) is 0 Å². The number of likely N-dealkylation sites (N-methyl/N-ethyl adjacent to an activating group) is 1. The van der Waals surface area contributed by atoms with Crippen LogP contribution in [-0.4, -0.2) is 56.7 Å². The molecule has 1 N–H and O–H groups in total. The van der Waals surface area contributed by atoms with Crippen molar-refractivity contribution in [2.45, 2.75) is 71.3 Å². The van der Waals surface area contributed by atoms with Crippen molar-refractivity contribution in [1.82, 2.24) is 4.90 Å². The quantitative estimate of drug-likeness (QED) is 0.653. The maximum Gasteiger partial charge on any atom is 0.261 e. The highest BCUT2D eigenvalue weighted by atomic mass is 32.2. The summed E-state index contributed by atoms with van der Waals surface area (Å²) in [6.07, 6.45) is 5.30. The fourth-order valence-corrected chi connectivity index (χ4v) is 5.50. The van der Waals surface area contributed by atoms with Gasteiger partial charge in [-0.1, -0.05) is 33.8 Å². The molecule has 0 saturated carbocycles. The Morgan fingerprint density at radius 1 is 1.32 bits per heavy atom. The number of ether oxygens (including phenoxy) is 1. The van der Waals surface area contributed by atoms with Gasteiger partial charge in [-0.25, -0.2) is 0 Å². The van der Waals surface area contributed by atoms with Gasteiger partial charge in [-0.15, -0.1) is 0 Å². The molecule has 1 saturated heterocycles. The average molecular weight is 454 g/mol. The standard InChI is InChI=1S/C23H35NO2.CH4O3S/c1-16(2)13-18(25)9-10-23(4)21-14-17-7-8-19(26-6)15-20(17)22(23,3)11-12-24(21)5;1-5(2,3)4/h7-8,15-16,21H,9-14H2,1-6H3;1H3,(H,2,3,4)/t21?,22-,23-;/m1./s1. The zero-order valence-corrected chi connectivity index (χ0v) is 20.9. The second-order valence-electron chi connectivity index (χ2n) is 10.1. The molecule has 0 amide bonds. The number of nitrogens with zero attached hydrogens (tertiary/aromatic N) is 1. The van der Waals surface area contributed by atoms with Crippen LogP contribution in [0.1, 0.15) is 64.5 Å².